The average molecular weight is 563 g/mol. The zero-order valence-electron chi connectivity index (χ0n) is 20.4. The molecule has 4 aromatic rings. The standard InChI is InChI=1S/C27H25F3N2O4S2/c1-19-24-4-2-3-5-25(24)37-26(19)32(18-20-6-10-22(11-7-20)36-27(28,29)30)38(33,34)23-12-8-21(9-13-23)31-14-16-35-17-15-31/h2-13H,14-18H2,1H3. The Balaban J connectivity index is 1.51. The van der Waals surface area contributed by atoms with Crippen LogP contribution in [0.2, 0.25) is 0 Å². The first-order chi connectivity index (χ1) is 18.1. The molecule has 0 radical (unpaired) electrons. The van der Waals surface area contributed by atoms with E-state index in [0.717, 1.165) is 34.4 Å². The van der Waals surface area contributed by atoms with Crippen LogP contribution in [0.25, 0.3) is 10.1 Å². The van der Waals surface area contributed by atoms with Gasteiger partial charge in [0, 0.05) is 23.5 Å². The number of thiophene rings is 1. The molecule has 6 nitrogen and oxygen atoms in total. The van der Waals surface area contributed by atoms with Gasteiger partial charge in [-0.25, -0.2) is 8.42 Å². The summed E-state index contributed by atoms with van der Waals surface area (Å²) < 4.78 is 77.5. The topological polar surface area (TPSA) is 59.1 Å². The zero-order chi connectivity index (χ0) is 26.9. The van der Waals surface area contributed by atoms with E-state index in [1.165, 1.54) is 39.9 Å². The third-order valence-electron chi connectivity index (χ3n) is 6.33. The zero-order valence-corrected chi connectivity index (χ0v) is 22.1. The van der Waals surface area contributed by atoms with Crippen LogP contribution < -0.4 is 13.9 Å². The molecule has 1 aliphatic rings. The lowest BCUT2D eigenvalue weighted by Gasteiger charge is -2.29. The largest absolute Gasteiger partial charge is 0.573 e. The average Bonchev–Trinajstić information content (AvgIpc) is 3.24. The Kier molecular flexibility index (Phi) is 7.26. The van der Waals surface area contributed by atoms with Crippen molar-refractivity contribution in [3.63, 3.8) is 0 Å². The number of rotatable bonds is 7. The highest BCUT2D eigenvalue weighted by Gasteiger charge is 2.32. The number of alkyl halides is 3. The second kappa shape index (κ2) is 10.5. The number of aryl methyl sites for hydroxylation is 1. The minimum absolute atomic E-state index is 0.0620. The molecule has 11 heteroatoms. The highest BCUT2D eigenvalue weighted by atomic mass is 32.2. The first-order valence-corrected chi connectivity index (χ1v) is 14.2. The molecule has 1 aromatic heterocycles. The third kappa shape index (κ3) is 5.59. The summed E-state index contributed by atoms with van der Waals surface area (Å²) in [4.78, 5) is 2.27. The number of sulfonamides is 1. The minimum atomic E-state index is -4.81. The molecule has 2 heterocycles. The number of ether oxygens (including phenoxy) is 2. The Morgan fingerprint density at radius 3 is 2.26 bits per heavy atom. The smallest absolute Gasteiger partial charge is 0.406 e. The number of hydrogen-bond acceptors (Lipinski definition) is 6. The summed E-state index contributed by atoms with van der Waals surface area (Å²) in [6.45, 7) is 4.50. The summed E-state index contributed by atoms with van der Waals surface area (Å²) in [5.41, 5.74) is 2.25. The van der Waals surface area contributed by atoms with Crippen LogP contribution in [-0.2, 0) is 21.3 Å². The van der Waals surface area contributed by atoms with Gasteiger partial charge in [-0.15, -0.1) is 24.5 Å². The Morgan fingerprint density at radius 1 is 0.974 bits per heavy atom. The molecular weight excluding hydrogens is 537 g/mol. The fourth-order valence-corrected chi connectivity index (χ4v) is 7.34. The molecular formula is C27H25F3N2O4S2. The van der Waals surface area contributed by atoms with Gasteiger partial charge in [0.1, 0.15) is 10.8 Å². The fourth-order valence-electron chi connectivity index (χ4n) is 4.41. The van der Waals surface area contributed by atoms with E-state index in [9.17, 15) is 21.6 Å². The van der Waals surface area contributed by atoms with Crippen LogP contribution in [0.1, 0.15) is 11.1 Å². The van der Waals surface area contributed by atoms with Crippen LogP contribution in [0.4, 0.5) is 23.9 Å². The number of hydrogen-bond donors (Lipinski definition) is 0. The molecule has 1 saturated heterocycles. The highest BCUT2D eigenvalue weighted by molar-refractivity contribution is 7.93. The first kappa shape index (κ1) is 26.3. The van der Waals surface area contributed by atoms with Gasteiger partial charge in [-0.1, -0.05) is 30.3 Å². The summed E-state index contributed by atoms with van der Waals surface area (Å²) in [6, 6.07) is 19.7. The number of nitrogens with zero attached hydrogens (tertiary/aromatic N) is 2. The van der Waals surface area contributed by atoms with Crippen molar-refractivity contribution in [2.24, 2.45) is 0 Å². The highest BCUT2D eigenvalue weighted by Crippen LogP contribution is 2.41. The van der Waals surface area contributed by atoms with Gasteiger partial charge in [0.15, 0.2) is 0 Å². The van der Waals surface area contributed by atoms with Crippen molar-refractivity contribution in [2.45, 2.75) is 24.7 Å². The molecule has 0 atom stereocenters. The van der Waals surface area contributed by atoms with Gasteiger partial charge < -0.3 is 14.4 Å². The van der Waals surface area contributed by atoms with Crippen molar-refractivity contribution in [3.05, 3.63) is 83.9 Å². The maximum Gasteiger partial charge on any atom is 0.573 e. The maximum atomic E-state index is 14.0. The SMILES string of the molecule is Cc1c(N(Cc2ccc(OC(F)(F)F)cc2)S(=O)(=O)c2ccc(N3CCOCC3)cc2)sc2ccccc12. The predicted octanol–water partition coefficient (Wildman–Crippen LogP) is 6.34. The van der Waals surface area contributed by atoms with Crippen LogP contribution in [-0.4, -0.2) is 41.1 Å². The first-order valence-electron chi connectivity index (χ1n) is 11.9. The van der Waals surface area contributed by atoms with Gasteiger partial charge >= 0.3 is 6.36 Å². The van der Waals surface area contributed by atoms with Gasteiger partial charge in [0.25, 0.3) is 10.0 Å². The Hall–Kier alpha value is -3.28. The summed E-state index contributed by atoms with van der Waals surface area (Å²) in [6.07, 6.45) is -4.81. The van der Waals surface area contributed by atoms with Crippen molar-refractivity contribution in [1.29, 1.82) is 0 Å². The number of anilines is 2. The number of benzene rings is 3. The van der Waals surface area contributed by atoms with Gasteiger partial charge in [-0.2, -0.15) is 0 Å². The second-order valence-electron chi connectivity index (χ2n) is 8.83. The quantitative estimate of drug-likeness (QED) is 0.263. The van der Waals surface area contributed by atoms with E-state index in [1.54, 1.807) is 24.3 Å². The summed E-state index contributed by atoms with van der Waals surface area (Å²) in [5, 5.41) is 1.50. The normalized spacial score (nSPS) is 14.6. The third-order valence-corrected chi connectivity index (χ3v) is 9.50. The van der Waals surface area contributed by atoms with Crippen LogP contribution in [0.5, 0.6) is 5.75 Å². The fraction of sp³-hybridized carbons (Fsp3) is 0.259. The lowest BCUT2D eigenvalue weighted by Crippen LogP contribution is -2.36. The Bertz CT molecular complexity index is 1510. The van der Waals surface area contributed by atoms with Gasteiger partial charge in [-0.3, -0.25) is 4.31 Å². The molecule has 0 aliphatic carbocycles. The van der Waals surface area contributed by atoms with E-state index in [-0.39, 0.29) is 17.2 Å². The number of fused-ring (bicyclic) bond motifs is 1. The molecule has 3 aromatic carbocycles. The van der Waals surface area contributed by atoms with E-state index in [2.05, 4.69) is 9.64 Å². The molecule has 0 spiro atoms. The van der Waals surface area contributed by atoms with E-state index >= 15 is 0 Å². The lowest BCUT2D eigenvalue weighted by molar-refractivity contribution is -0.274. The number of halogens is 3. The second-order valence-corrected chi connectivity index (χ2v) is 11.7. The molecule has 1 aliphatic heterocycles. The molecule has 0 saturated carbocycles. The minimum Gasteiger partial charge on any atom is -0.406 e. The van der Waals surface area contributed by atoms with Crippen molar-refractivity contribution >= 4 is 42.1 Å². The Labute approximate surface area is 222 Å². The lowest BCUT2D eigenvalue weighted by atomic mass is 10.2. The molecule has 0 amide bonds. The molecule has 0 unspecified atom stereocenters. The van der Waals surface area contributed by atoms with Crippen LogP contribution in [0, 0.1) is 6.92 Å². The number of morpholine rings is 1. The molecule has 5 rings (SSSR count). The summed E-state index contributed by atoms with van der Waals surface area (Å²) in [7, 11) is -4.02. The van der Waals surface area contributed by atoms with E-state index in [4.69, 9.17) is 4.74 Å². The van der Waals surface area contributed by atoms with E-state index in [0.29, 0.717) is 23.8 Å². The molecule has 200 valence electrons. The van der Waals surface area contributed by atoms with Crippen LogP contribution >= 0.6 is 11.3 Å². The summed E-state index contributed by atoms with van der Waals surface area (Å²) in [5.74, 6) is -0.368. The van der Waals surface area contributed by atoms with Gasteiger partial charge in [0.2, 0.25) is 0 Å². The van der Waals surface area contributed by atoms with Gasteiger partial charge in [0.05, 0.1) is 24.7 Å². The molecule has 0 bridgehead atoms. The van der Waals surface area contributed by atoms with Crippen molar-refractivity contribution < 1.29 is 31.1 Å². The summed E-state index contributed by atoms with van der Waals surface area (Å²) >= 11 is 1.36. The molecule has 1 fully saturated rings. The monoisotopic (exact) mass is 562 g/mol. The van der Waals surface area contributed by atoms with Crippen molar-refractivity contribution in [2.75, 3.05) is 35.5 Å². The van der Waals surface area contributed by atoms with E-state index in [1.807, 2.05) is 31.2 Å². The van der Waals surface area contributed by atoms with Crippen molar-refractivity contribution in [1.82, 2.24) is 0 Å². The van der Waals surface area contributed by atoms with E-state index < -0.39 is 16.4 Å². The van der Waals surface area contributed by atoms with Crippen molar-refractivity contribution in [3.8, 4) is 5.75 Å². The van der Waals surface area contributed by atoms with Crippen LogP contribution in [0.15, 0.2) is 77.7 Å². The Morgan fingerprint density at radius 2 is 1.63 bits per heavy atom. The predicted molar refractivity (Wildman–Crippen MR) is 143 cm³/mol. The van der Waals surface area contributed by atoms with Gasteiger partial charge in [-0.05, 0) is 65.9 Å². The van der Waals surface area contributed by atoms with Crippen LogP contribution in [0.3, 0.4) is 0 Å². The maximum absolute atomic E-state index is 14.0. The molecule has 0 N–H and O–H groups in total. The molecule has 38 heavy (non-hydrogen) atoms.